The van der Waals surface area contributed by atoms with Gasteiger partial charge in [0, 0.05) is 57.7 Å². The summed E-state index contributed by atoms with van der Waals surface area (Å²) in [5, 5.41) is 0. The molecule has 2 aliphatic rings. The molecule has 0 aromatic heterocycles. The van der Waals surface area contributed by atoms with Crippen molar-refractivity contribution >= 4 is 11.8 Å². The molecule has 2 aliphatic heterocycles. The minimum absolute atomic E-state index is 0.0298. The zero-order valence-electron chi connectivity index (χ0n) is 17.1. The number of hydrogen-bond acceptors (Lipinski definition) is 5. The normalized spacial score (nSPS) is 20.6. The Labute approximate surface area is 167 Å². The second-order valence-corrected chi connectivity index (χ2v) is 7.81. The third-order valence-electron chi connectivity index (χ3n) is 5.65. The van der Waals surface area contributed by atoms with E-state index in [4.69, 9.17) is 9.47 Å². The standard InChI is InChI=1S/C21H31N3O4/c1-22(2)17-8-11-24(14-17)21(26)16-4-6-18(7-5-16)28-19-9-12-23(13-10-19)20(25)15-27-3/h4-7,17,19H,8-15H2,1-3H3. The molecule has 3 rings (SSSR count). The maximum absolute atomic E-state index is 12.7. The fourth-order valence-electron chi connectivity index (χ4n) is 3.84. The third kappa shape index (κ3) is 5.02. The quantitative estimate of drug-likeness (QED) is 0.738. The van der Waals surface area contributed by atoms with Gasteiger partial charge in [-0.15, -0.1) is 0 Å². The summed E-state index contributed by atoms with van der Waals surface area (Å²) in [7, 11) is 5.65. The number of likely N-dealkylation sites (N-methyl/N-ethyl adjacent to an activating group) is 1. The van der Waals surface area contributed by atoms with Gasteiger partial charge >= 0.3 is 0 Å². The first-order valence-corrected chi connectivity index (χ1v) is 9.97. The summed E-state index contributed by atoms with van der Waals surface area (Å²) >= 11 is 0. The number of rotatable bonds is 6. The van der Waals surface area contributed by atoms with E-state index >= 15 is 0 Å². The topological polar surface area (TPSA) is 62.3 Å². The molecule has 7 nitrogen and oxygen atoms in total. The van der Waals surface area contributed by atoms with Crippen LogP contribution in [-0.4, -0.2) is 92.7 Å². The van der Waals surface area contributed by atoms with Crippen molar-refractivity contribution < 1.29 is 19.1 Å². The Morgan fingerprint density at radius 3 is 2.25 bits per heavy atom. The molecule has 1 aromatic rings. The van der Waals surface area contributed by atoms with Crippen LogP contribution in [0.25, 0.3) is 0 Å². The molecule has 0 spiro atoms. The first-order chi connectivity index (χ1) is 13.5. The third-order valence-corrected chi connectivity index (χ3v) is 5.65. The van der Waals surface area contributed by atoms with Gasteiger partial charge in [-0.2, -0.15) is 0 Å². The maximum atomic E-state index is 12.7. The van der Waals surface area contributed by atoms with E-state index in [1.54, 1.807) is 0 Å². The van der Waals surface area contributed by atoms with E-state index in [9.17, 15) is 9.59 Å². The van der Waals surface area contributed by atoms with Crippen LogP contribution in [0.15, 0.2) is 24.3 Å². The Balaban J connectivity index is 1.49. The zero-order valence-corrected chi connectivity index (χ0v) is 17.1. The average molecular weight is 389 g/mol. The molecule has 1 unspecified atom stereocenters. The smallest absolute Gasteiger partial charge is 0.253 e. The highest BCUT2D eigenvalue weighted by molar-refractivity contribution is 5.94. The predicted octanol–water partition coefficient (Wildman–Crippen LogP) is 1.48. The summed E-state index contributed by atoms with van der Waals surface area (Å²) in [4.78, 5) is 30.5. The number of hydrogen-bond donors (Lipinski definition) is 0. The van der Waals surface area contributed by atoms with E-state index in [2.05, 4.69) is 19.0 Å². The second kappa shape index (κ2) is 9.39. The molecule has 2 heterocycles. The molecule has 2 fully saturated rings. The van der Waals surface area contributed by atoms with Gasteiger partial charge in [-0.3, -0.25) is 9.59 Å². The summed E-state index contributed by atoms with van der Waals surface area (Å²) in [6, 6.07) is 7.87. The van der Waals surface area contributed by atoms with Gasteiger partial charge in [-0.25, -0.2) is 0 Å². The lowest BCUT2D eigenvalue weighted by Crippen LogP contribution is -2.43. The summed E-state index contributed by atoms with van der Waals surface area (Å²) in [6.07, 6.45) is 2.71. The van der Waals surface area contributed by atoms with Crippen LogP contribution in [0, 0.1) is 0 Å². The largest absolute Gasteiger partial charge is 0.490 e. The fourth-order valence-corrected chi connectivity index (χ4v) is 3.84. The van der Waals surface area contributed by atoms with E-state index in [-0.39, 0.29) is 24.5 Å². The number of likely N-dealkylation sites (tertiary alicyclic amines) is 2. The highest BCUT2D eigenvalue weighted by atomic mass is 16.5. The fraction of sp³-hybridized carbons (Fsp3) is 0.619. The first-order valence-electron chi connectivity index (χ1n) is 9.97. The van der Waals surface area contributed by atoms with E-state index in [1.807, 2.05) is 34.1 Å². The van der Waals surface area contributed by atoms with Gasteiger partial charge < -0.3 is 24.2 Å². The van der Waals surface area contributed by atoms with Crippen LogP contribution < -0.4 is 4.74 Å². The number of methoxy groups -OCH3 is 1. The van der Waals surface area contributed by atoms with E-state index in [0.29, 0.717) is 24.7 Å². The van der Waals surface area contributed by atoms with Crippen molar-refractivity contribution in [1.29, 1.82) is 0 Å². The maximum Gasteiger partial charge on any atom is 0.253 e. The van der Waals surface area contributed by atoms with Gasteiger partial charge in [0.05, 0.1) is 0 Å². The van der Waals surface area contributed by atoms with Crippen LogP contribution in [0.3, 0.4) is 0 Å². The van der Waals surface area contributed by atoms with Crippen molar-refractivity contribution in [3.63, 3.8) is 0 Å². The molecule has 0 N–H and O–H groups in total. The Morgan fingerprint density at radius 2 is 1.68 bits per heavy atom. The molecule has 1 atom stereocenters. The molecule has 2 amide bonds. The van der Waals surface area contributed by atoms with Crippen molar-refractivity contribution in [1.82, 2.24) is 14.7 Å². The summed E-state index contributed by atoms with van der Waals surface area (Å²) in [6.45, 7) is 3.09. The van der Waals surface area contributed by atoms with E-state index in [0.717, 1.165) is 38.1 Å². The number of amides is 2. The SMILES string of the molecule is COCC(=O)N1CCC(Oc2ccc(C(=O)N3CCC(N(C)C)C3)cc2)CC1. The highest BCUT2D eigenvalue weighted by Crippen LogP contribution is 2.22. The van der Waals surface area contributed by atoms with Gasteiger partial charge in [0.2, 0.25) is 5.91 Å². The van der Waals surface area contributed by atoms with Crippen LogP contribution in [0.1, 0.15) is 29.6 Å². The molecule has 0 aliphatic carbocycles. The van der Waals surface area contributed by atoms with Crippen molar-refractivity contribution in [2.45, 2.75) is 31.4 Å². The highest BCUT2D eigenvalue weighted by Gasteiger charge is 2.28. The monoisotopic (exact) mass is 389 g/mol. The summed E-state index contributed by atoms with van der Waals surface area (Å²) in [5.74, 6) is 0.883. The number of benzene rings is 1. The molecule has 0 saturated carbocycles. The number of ether oxygens (including phenoxy) is 2. The number of carbonyl (C=O) groups excluding carboxylic acids is 2. The van der Waals surface area contributed by atoms with Crippen LogP contribution in [0.5, 0.6) is 5.75 Å². The Hall–Kier alpha value is -2.12. The van der Waals surface area contributed by atoms with E-state index < -0.39 is 0 Å². The molecule has 0 bridgehead atoms. The zero-order chi connectivity index (χ0) is 20.1. The Bertz CT molecular complexity index is 669. The van der Waals surface area contributed by atoms with Crippen molar-refractivity contribution in [3.8, 4) is 5.75 Å². The Kier molecular flexibility index (Phi) is 6.91. The van der Waals surface area contributed by atoms with Crippen molar-refractivity contribution in [3.05, 3.63) is 29.8 Å². The van der Waals surface area contributed by atoms with Crippen LogP contribution >= 0.6 is 0 Å². The lowest BCUT2D eigenvalue weighted by molar-refractivity contribution is -0.136. The van der Waals surface area contributed by atoms with Crippen molar-refractivity contribution in [2.24, 2.45) is 0 Å². The molecular formula is C21H31N3O4. The summed E-state index contributed by atoms with van der Waals surface area (Å²) < 4.78 is 11.0. The molecule has 0 radical (unpaired) electrons. The first kappa shape index (κ1) is 20.6. The number of nitrogens with zero attached hydrogens (tertiary/aromatic N) is 3. The summed E-state index contributed by atoms with van der Waals surface area (Å²) in [5.41, 5.74) is 0.701. The Morgan fingerprint density at radius 1 is 1.04 bits per heavy atom. The molecule has 1 aromatic carbocycles. The molecular weight excluding hydrogens is 358 g/mol. The molecule has 2 saturated heterocycles. The second-order valence-electron chi connectivity index (χ2n) is 7.81. The van der Waals surface area contributed by atoms with Gasteiger partial charge in [0.25, 0.3) is 5.91 Å². The van der Waals surface area contributed by atoms with Gasteiger partial charge in [-0.1, -0.05) is 0 Å². The minimum Gasteiger partial charge on any atom is -0.490 e. The van der Waals surface area contributed by atoms with Crippen LogP contribution in [0.4, 0.5) is 0 Å². The van der Waals surface area contributed by atoms with Crippen molar-refractivity contribution in [2.75, 3.05) is 54.0 Å². The number of carbonyl (C=O) groups is 2. The lowest BCUT2D eigenvalue weighted by atomic mass is 10.1. The van der Waals surface area contributed by atoms with Crippen LogP contribution in [0.2, 0.25) is 0 Å². The van der Waals surface area contributed by atoms with Crippen LogP contribution in [-0.2, 0) is 9.53 Å². The average Bonchev–Trinajstić information content (AvgIpc) is 3.19. The molecule has 154 valence electrons. The molecule has 28 heavy (non-hydrogen) atoms. The minimum atomic E-state index is 0.0298. The molecule has 7 heteroatoms. The van der Waals surface area contributed by atoms with Gasteiger partial charge in [-0.05, 0) is 44.8 Å². The predicted molar refractivity (Wildman–Crippen MR) is 107 cm³/mol. The van der Waals surface area contributed by atoms with Gasteiger partial charge in [0.1, 0.15) is 18.5 Å². The lowest BCUT2D eigenvalue weighted by Gasteiger charge is -2.32. The number of piperidine rings is 1. The van der Waals surface area contributed by atoms with E-state index in [1.165, 1.54) is 7.11 Å². The van der Waals surface area contributed by atoms with Gasteiger partial charge in [0.15, 0.2) is 0 Å².